The molecular weight excluding hydrogens is 338 g/mol. The summed E-state index contributed by atoms with van der Waals surface area (Å²) in [7, 11) is 0. The fourth-order valence-electron chi connectivity index (χ4n) is 2.39. The highest BCUT2D eigenvalue weighted by molar-refractivity contribution is 6.30. The number of carbonyl (C=O) groups is 1. The van der Waals surface area contributed by atoms with Gasteiger partial charge in [-0.05, 0) is 36.2 Å². The molecule has 1 N–H and O–H groups in total. The molecule has 0 bridgehead atoms. The molecule has 0 spiro atoms. The standard InChI is InChI=1S/C19H18ClN3O2/c20-16-9-4-6-14(12-16)13-21-17(24)10-5-11-18-22-23-19(25-18)15-7-2-1-3-8-15/h1-4,6-9,12H,5,10-11,13H2,(H,21,24). The molecule has 1 aromatic heterocycles. The number of amides is 1. The van der Waals surface area contributed by atoms with Crippen LogP contribution < -0.4 is 5.32 Å². The molecule has 0 unspecified atom stereocenters. The number of benzene rings is 2. The Balaban J connectivity index is 1.42. The normalized spacial score (nSPS) is 10.6. The van der Waals surface area contributed by atoms with E-state index in [4.69, 9.17) is 16.0 Å². The van der Waals surface area contributed by atoms with E-state index >= 15 is 0 Å². The molecule has 2 aromatic carbocycles. The van der Waals surface area contributed by atoms with Crippen molar-refractivity contribution >= 4 is 17.5 Å². The van der Waals surface area contributed by atoms with E-state index in [-0.39, 0.29) is 5.91 Å². The molecule has 6 heteroatoms. The molecule has 128 valence electrons. The summed E-state index contributed by atoms with van der Waals surface area (Å²) in [6.45, 7) is 0.470. The van der Waals surface area contributed by atoms with Crippen molar-refractivity contribution in [2.45, 2.75) is 25.8 Å². The van der Waals surface area contributed by atoms with E-state index in [0.717, 1.165) is 11.1 Å². The number of carbonyl (C=O) groups excluding carboxylic acids is 1. The summed E-state index contributed by atoms with van der Waals surface area (Å²) >= 11 is 5.92. The predicted octanol–water partition coefficient (Wildman–Crippen LogP) is 4.03. The summed E-state index contributed by atoms with van der Waals surface area (Å²) in [5, 5.41) is 11.6. The first-order chi connectivity index (χ1) is 12.2. The Morgan fingerprint density at radius 3 is 2.72 bits per heavy atom. The number of halogens is 1. The molecule has 5 nitrogen and oxygen atoms in total. The van der Waals surface area contributed by atoms with Crippen LogP contribution in [0.1, 0.15) is 24.3 Å². The van der Waals surface area contributed by atoms with Gasteiger partial charge in [0.25, 0.3) is 0 Å². The lowest BCUT2D eigenvalue weighted by atomic mass is 10.2. The molecule has 0 saturated heterocycles. The maximum Gasteiger partial charge on any atom is 0.247 e. The maximum absolute atomic E-state index is 11.9. The van der Waals surface area contributed by atoms with Crippen LogP contribution in [0.5, 0.6) is 0 Å². The minimum Gasteiger partial charge on any atom is -0.421 e. The number of aromatic nitrogens is 2. The smallest absolute Gasteiger partial charge is 0.247 e. The van der Waals surface area contributed by atoms with Crippen molar-refractivity contribution in [1.29, 1.82) is 0 Å². The van der Waals surface area contributed by atoms with E-state index in [1.807, 2.05) is 48.5 Å². The summed E-state index contributed by atoms with van der Waals surface area (Å²) in [6, 6.07) is 17.0. The number of rotatable bonds is 7. The quantitative estimate of drug-likeness (QED) is 0.694. The summed E-state index contributed by atoms with van der Waals surface area (Å²) in [5.41, 5.74) is 1.87. The zero-order chi connectivity index (χ0) is 17.5. The van der Waals surface area contributed by atoms with Crippen LogP contribution in [0.4, 0.5) is 0 Å². The predicted molar refractivity (Wildman–Crippen MR) is 96.0 cm³/mol. The first-order valence-electron chi connectivity index (χ1n) is 8.09. The van der Waals surface area contributed by atoms with Gasteiger partial charge < -0.3 is 9.73 Å². The van der Waals surface area contributed by atoms with E-state index in [1.54, 1.807) is 6.07 Å². The van der Waals surface area contributed by atoms with Crippen molar-refractivity contribution in [3.63, 3.8) is 0 Å². The largest absolute Gasteiger partial charge is 0.421 e. The number of nitrogens with zero attached hydrogens (tertiary/aromatic N) is 2. The van der Waals surface area contributed by atoms with E-state index < -0.39 is 0 Å². The number of hydrogen-bond donors (Lipinski definition) is 1. The van der Waals surface area contributed by atoms with Crippen LogP contribution in [0.25, 0.3) is 11.5 Å². The molecule has 3 rings (SSSR count). The summed E-state index contributed by atoms with van der Waals surface area (Å²) < 4.78 is 5.63. The second-order valence-corrected chi connectivity index (χ2v) is 6.06. The molecule has 1 amide bonds. The van der Waals surface area contributed by atoms with Gasteiger partial charge in [0, 0.05) is 30.0 Å². The molecule has 0 fully saturated rings. The third-order valence-corrected chi connectivity index (χ3v) is 3.90. The van der Waals surface area contributed by atoms with Gasteiger partial charge in [-0.25, -0.2) is 0 Å². The van der Waals surface area contributed by atoms with Gasteiger partial charge in [-0.2, -0.15) is 0 Å². The third kappa shape index (κ3) is 5.16. The van der Waals surface area contributed by atoms with Crippen molar-refractivity contribution in [3.05, 3.63) is 71.1 Å². The van der Waals surface area contributed by atoms with E-state index in [0.29, 0.717) is 42.6 Å². The van der Waals surface area contributed by atoms with Gasteiger partial charge >= 0.3 is 0 Å². The Labute approximate surface area is 151 Å². The Morgan fingerprint density at radius 1 is 1.08 bits per heavy atom. The Hall–Kier alpha value is -2.66. The van der Waals surface area contributed by atoms with Crippen molar-refractivity contribution in [2.24, 2.45) is 0 Å². The van der Waals surface area contributed by atoms with Gasteiger partial charge in [0.1, 0.15) is 0 Å². The Morgan fingerprint density at radius 2 is 1.92 bits per heavy atom. The fraction of sp³-hybridized carbons (Fsp3) is 0.211. The summed E-state index contributed by atoms with van der Waals surface area (Å²) in [6.07, 6.45) is 1.63. The third-order valence-electron chi connectivity index (χ3n) is 3.66. The number of aryl methyl sites for hydroxylation is 1. The van der Waals surface area contributed by atoms with Gasteiger partial charge in [-0.3, -0.25) is 4.79 Å². The molecule has 0 saturated carbocycles. The molecule has 25 heavy (non-hydrogen) atoms. The molecule has 0 radical (unpaired) electrons. The van der Waals surface area contributed by atoms with E-state index in [9.17, 15) is 4.79 Å². The summed E-state index contributed by atoms with van der Waals surface area (Å²) in [5.74, 6) is 1.03. The topological polar surface area (TPSA) is 68.0 Å². The molecule has 0 aliphatic heterocycles. The lowest BCUT2D eigenvalue weighted by Crippen LogP contribution is -2.22. The van der Waals surface area contributed by atoms with Crippen molar-refractivity contribution in [2.75, 3.05) is 0 Å². The van der Waals surface area contributed by atoms with E-state index in [2.05, 4.69) is 15.5 Å². The monoisotopic (exact) mass is 355 g/mol. The van der Waals surface area contributed by atoms with Crippen LogP contribution in [0.15, 0.2) is 59.0 Å². The first kappa shape index (κ1) is 17.2. The van der Waals surface area contributed by atoms with Crippen molar-refractivity contribution < 1.29 is 9.21 Å². The highest BCUT2D eigenvalue weighted by Gasteiger charge is 2.09. The first-order valence-corrected chi connectivity index (χ1v) is 8.47. The van der Waals surface area contributed by atoms with Crippen LogP contribution in [0.2, 0.25) is 5.02 Å². The minimum atomic E-state index is -0.0113. The molecule has 0 atom stereocenters. The van der Waals surface area contributed by atoms with Gasteiger partial charge in [-0.15, -0.1) is 10.2 Å². The Bertz CT molecular complexity index is 833. The Kier molecular flexibility index (Phi) is 5.80. The van der Waals surface area contributed by atoms with Gasteiger partial charge in [-0.1, -0.05) is 41.9 Å². The number of hydrogen-bond acceptors (Lipinski definition) is 4. The van der Waals surface area contributed by atoms with Crippen LogP contribution in [0.3, 0.4) is 0 Å². The summed E-state index contributed by atoms with van der Waals surface area (Å²) in [4.78, 5) is 11.9. The van der Waals surface area contributed by atoms with E-state index in [1.165, 1.54) is 0 Å². The molecule has 3 aromatic rings. The van der Waals surface area contributed by atoms with Crippen molar-refractivity contribution in [3.8, 4) is 11.5 Å². The fourth-order valence-corrected chi connectivity index (χ4v) is 2.60. The highest BCUT2D eigenvalue weighted by Crippen LogP contribution is 2.17. The molecule has 1 heterocycles. The van der Waals surface area contributed by atoms with Crippen LogP contribution in [-0.4, -0.2) is 16.1 Å². The zero-order valence-electron chi connectivity index (χ0n) is 13.6. The van der Waals surface area contributed by atoms with Gasteiger partial charge in [0.05, 0.1) is 0 Å². The highest BCUT2D eigenvalue weighted by atomic mass is 35.5. The number of nitrogens with one attached hydrogen (secondary N) is 1. The maximum atomic E-state index is 11.9. The molecular formula is C19H18ClN3O2. The van der Waals surface area contributed by atoms with Gasteiger partial charge in [0.15, 0.2) is 0 Å². The average Bonchev–Trinajstić information content (AvgIpc) is 3.10. The molecule has 0 aliphatic rings. The SMILES string of the molecule is O=C(CCCc1nnc(-c2ccccc2)o1)NCc1cccc(Cl)c1. The second kappa shape index (κ2) is 8.44. The zero-order valence-corrected chi connectivity index (χ0v) is 14.4. The average molecular weight is 356 g/mol. The van der Waals surface area contributed by atoms with Gasteiger partial charge in [0.2, 0.25) is 17.7 Å². The van der Waals surface area contributed by atoms with Crippen molar-refractivity contribution in [1.82, 2.24) is 15.5 Å². The lowest BCUT2D eigenvalue weighted by Gasteiger charge is -2.05. The lowest BCUT2D eigenvalue weighted by molar-refractivity contribution is -0.121. The minimum absolute atomic E-state index is 0.0113. The second-order valence-electron chi connectivity index (χ2n) is 5.63. The molecule has 0 aliphatic carbocycles. The van der Waals surface area contributed by atoms with Crippen LogP contribution >= 0.6 is 11.6 Å². The van der Waals surface area contributed by atoms with Crippen LogP contribution in [-0.2, 0) is 17.8 Å². The van der Waals surface area contributed by atoms with Crippen LogP contribution in [0, 0.1) is 0 Å².